The van der Waals surface area contributed by atoms with E-state index in [0.29, 0.717) is 12.3 Å². The molecule has 0 spiro atoms. The minimum atomic E-state index is 0. The lowest BCUT2D eigenvalue weighted by Gasteiger charge is -2.32. The van der Waals surface area contributed by atoms with Crippen LogP contribution in [0, 0.1) is 12.8 Å². The Morgan fingerprint density at radius 1 is 1.26 bits per heavy atom. The van der Waals surface area contributed by atoms with E-state index in [9.17, 15) is 4.79 Å². The minimum absolute atomic E-state index is 0. The zero-order valence-corrected chi connectivity index (χ0v) is 15.8. The molecule has 5 heteroatoms. The summed E-state index contributed by atoms with van der Waals surface area (Å²) in [4.78, 5) is 15.6. The summed E-state index contributed by atoms with van der Waals surface area (Å²) in [6.45, 7) is 5.08. The number of nitrogens with one attached hydrogen (secondary N) is 1. The molecular weight excluding hydrogens is 328 g/mol. The first-order valence-electron chi connectivity index (χ1n) is 8.31. The number of carbonyl (C=O) groups is 1. The molecule has 3 nitrogen and oxygen atoms in total. The van der Waals surface area contributed by atoms with Crippen molar-refractivity contribution in [3.8, 4) is 0 Å². The lowest BCUT2D eigenvalue weighted by Crippen LogP contribution is -2.39. The Balaban J connectivity index is 0.00000264. The van der Waals surface area contributed by atoms with E-state index in [4.69, 9.17) is 0 Å². The van der Waals surface area contributed by atoms with E-state index in [1.54, 1.807) is 11.8 Å². The highest BCUT2D eigenvalue weighted by Gasteiger charge is 2.21. The van der Waals surface area contributed by atoms with Crippen molar-refractivity contribution in [3.05, 3.63) is 29.8 Å². The van der Waals surface area contributed by atoms with Crippen LogP contribution in [0.4, 0.5) is 0 Å². The molecule has 1 aliphatic heterocycles. The van der Waals surface area contributed by atoms with Gasteiger partial charge < -0.3 is 10.2 Å². The number of hydrogen-bond donors (Lipinski definition) is 1. The van der Waals surface area contributed by atoms with Crippen molar-refractivity contribution < 1.29 is 4.79 Å². The SMILES string of the molecule is CNCCC1CCN(C(=O)CCSc2ccc(C)cc2)CC1.Cl. The molecule has 1 fully saturated rings. The summed E-state index contributed by atoms with van der Waals surface area (Å²) in [6, 6.07) is 8.52. The molecule has 0 atom stereocenters. The van der Waals surface area contributed by atoms with E-state index in [0.717, 1.165) is 31.3 Å². The summed E-state index contributed by atoms with van der Waals surface area (Å²) < 4.78 is 0. The van der Waals surface area contributed by atoms with Crippen molar-refractivity contribution >= 4 is 30.1 Å². The van der Waals surface area contributed by atoms with Crippen molar-refractivity contribution in [2.24, 2.45) is 5.92 Å². The number of carbonyl (C=O) groups excluding carboxylic acids is 1. The zero-order chi connectivity index (χ0) is 15.8. The lowest BCUT2D eigenvalue weighted by atomic mass is 9.93. The molecule has 130 valence electrons. The fraction of sp³-hybridized carbons (Fsp3) is 0.611. The predicted molar refractivity (Wildman–Crippen MR) is 102 cm³/mol. The van der Waals surface area contributed by atoms with Gasteiger partial charge in [-0.1, -0.05) is 17.7 Å². The smallest absolute Gasteiger partial charge is 0.223 e. The lowest BCUT2D eigenvalue weighted by molar-refractivity contribution is -0.132. The van der Waals surface area contributed by atoms with E-state index in [-0.39, 0.29) is 12.4 Å². The van der Waals surface area contributed by atoms with Crippen LogP contribution in [0.1, 0.15) is 31.2 Å². The molecule has 23 heavy (non-hydrogen) atoms. The topological polar surface area (TPSA) is 32.3 Å². The number of piperidine rings is 1. The van der Waals surface area contributed by atoms with Gasteiger partial charge in [-0.3, -0.25) is 4.79 Å². The monoisotopic (exact) mass is 356 g/mol. The molecule has 0 aromatic heterocycles. The first-order valence-corrected chi connectivity index (χ1v) is 9.29. The largest absolute Gasteiger partial charge is 0.343 e. The maximum Gasteiger partial charge on any atom is 0.223 e. The summed E-state index contributed by atoms with van der Waals surface area (Å²) in [5.41, 5.74) is 1.28. The third kappa shape index (κ3) is 7.15. The van der Waals surface area contributed by atoms with Crippen LogP contribution >= 0.6 is 24.2 Å². The maximum atomic E-state index is 12.3. The van der Waals surface area contributed by atoms with Gasteiger partial charge in [-0.25, -0.2) is 0 Å². The van der Waals surface area contributed by atoms with Gasteiger partial charge in [0.1, 0.15) is 0 Å². The van der Waals surface area contributed by atoms with E-state index < -0.39 is 0 Å². The van der Waals surface area contributed by atoms with Gasteiger partial charge in [0.25, 0.3) is 0 Å². The number of benzene rings is 1. The van der Waals surface area contributed by atoms with E-state index >= 15 is 0 Å². The molecule has 0 unspecified atom stereocenters. The van der Waals surface area contributed by atoms with E-state index in [1.165, 1.54) is 29.7 Å². The number of nitrogens with zero attached hydrogens (tertiary/aromatic N) is 1. The highest BCUT2D eigenvalue weighted by molar-refractivity contribution is 7.99. The van der Waals surface area contributed by atoms with Crippen LogP contribution in [0.3, 0.4) is 0 Å². The quantitative estimate of drug-likeness (QED) is 0.755. The Morgan fingerprint density at radius 3 is 2.52 bits per heavy atom. The number of halogens is 1. The van der Waals surface area contributed by atoms with Gasteiger partial charge >= 0.3 is 0 Å². The standard InChI is InChI=1S/C18H28N2OS.ClH/c1-15-3-5-17(6-4-15)22-14-10-18(21)20-12-8-16(9-13-20)7-11-19-2;/h3-6,16,19H,7-14H2,1-2H3;1H. The molecule has 0 radical (unpaired) electrons. The number of aryl methyl sites for hydroxylation is 1. The molecule has 0 bridgehead atoms. The average molecular weight is 357 g/mol. The third-order valence-electron chi connectivity index (χ3n) is 4.38. The first kappa shape index (κ1) is 20.3. The van der Waals surface area contributed by atoms with Gasteiger partial charge in [-0.2, -0.15) is 0 Å². The van der Waals surface area contributed by atoms with Crippen molar-refractivity contribution in [1.82, 2.24) is 10.2 Å². The average Bonchev–Trinajstić information content (AvgIpc) is 2.55. The summed E-state index contributed by atoms with van der Waals surface area (Å²) in [5.74, 6) is 1.99. The van der Waals surface area contributed by atoms with Crippen LogP contribution < -0.4 is 5.32 Å². The zero-order valence-electron chi connectivity index (χ0n) is 14.2. The number of likely N-dealkylation sites (tertiary alicyclic amines) is 1. The van der Waals surface area contributed by atoms with Gasteiger partial charge in [0.15, 0.2) is 0 Å². The summed E-state index contributed by atoms with van der Waals surface area (Å²) in [7, 11) is 2.00. The van der Waals surface area contributed by atoms with Crippen LogP contribution in [0.2, 0.25) is 0 Å². The van der Waals surface area contributed by atoms with Crippen LogP contribution in [0.25, 0.3) is 0 Å². The Bertz CT molecular complexity index is 459. The Labute approximate surface area is 151 Å². The molecule has 0 aliphatic carbocycles. The van der Waals surface area contributed by atoms with Gasteiger partial charge in [0, 0.05) is 30.2 Å². The molecule has 1 saturated heterocycles. The van der Waals surface area contributed by atoms with Crippen LogP contribution in [0.15, 0.2) is 29.2 Å². The number of amides is 1. The van der Waals surface area contributed by atoms with Crippen molar-refractivity contribution in [2.45, 2.75) is 37.5 Å². The first-order chi connectivity index (χ1) is 10.7. The van der Waals surface area contributed by atoms with Crippen LogP contribution in [-0.2, 0) is 4.79 Å². The Morgan fingerprint density at radius 2 is 1.91 bits per heavy atom. The molecule has 2 rings (SSSR count). The second-order valence-corrected chi connectivity index (χ2v) is 7.30. The minimum Gasteiger partial charge on any atom is -0.343 e. The molecule has 1 heterocycles. The second kappa shape index (κ2) is 11.0. The predicted octanol–water partition coefficient (Wildman–Crippen LogP) is 3.75. The molecule has 1 N–H and O–H groups in total. The van der Waals surface area contributed by atoms with Gasteiger partial charge in [-0.15, -0.1) is 24.2 Å². The van der Waals surface area contributed by atoms with Crippen molar-refractivity contribution in [3.63, 3.8) is 0 Å². The second-order valence-electron chi connectivity index (χ2n) is 6.13. The fourth-order valence-electron chi connectivity index (χ4n) is 2.87. The number of thioether (sulfide) groups is 1. The van der Waals surface area contributed by atoms with E-state index in [1.807, 2.05) is 7.05 Å². The van der Waals surface area contributed by atoms with Crippen LogP contribution in [-0.4, -0.2) is 43.2 Å². The van der Waals surface area contributed by atoms with E-state index in [2.05, 4.69) is 41.4 Å². The van der Waals surface area contributed by atoms with Crippen LogP contribution in [0.5, 0.6) is 0 Å². The molecule has 0 saturated carbocycles. The maximum absolute atomic E-state index is 12.3. The molecule has 1 aromatic carbocycles. The van der Waals surface area contributed by atoms with Gasteiger partial charge in [0.2, 0.25) is 5.91 Å². The molecule has 1 aliphatic rings. The molecule has 1 aromatic rings. The van der Waals surface area contributed by atoms with Gasteiger partial charge in [-0.05, 0) is 57.8 Å². The fourth-order valence-corrected chi connectivity index (χ4v) is 3.71. The highest BCUT2D eigenvalue weighted by atomic mass is 35.5. The number of rotatable bonds is 7. The molecular formula is C18H29ClN2OS. The Hall–Kier alpha value is -0.710. The molecule has 1 amide bonds. The van der Waals surface area contributed by atoms with Gasteiger partial charge in [0.05, 0.1) is 0 Å². The number of hydrogen-bond acceptors (Lipinski definition) is 3. The highest BCUT2D eigenvalue weighted by Crippen LogP contribution is 2.22. The summed E-state index contributed by atoms with van der Waals surface area (Å²) >= 11 is 1.78. The third-order valence-corrected chi connectivity index (χ3v) is 5.39. The summed E-state index contributed by atoms with van der Waals surface area (Å²) in [6.07, 6.45) is 4.22. The van der Waals surface area contributed by atoms with Crippen molar-refractivity contribution in [1.29, 1.82) is 0 Å². The summed E-state index contributed by atoms with van der Waals surface area (Å²) in [5, 5.41) is 3.21. The van der Waals surface area contributed by atoms with Crippen molar-refractivity contribution in [2.75, 3.05) is 32.4 Å². The Kier molecular flexibility index (Phi) is 9.68. The normalized spacial score (nSPS) is 15.3.